The van der Waals surface area contributed by atoms with Gasteiger partial charge in [0.05, 0.1) is 0 Å². The van der Waals surface area contributed by atoms with Gasteiger partial charge in [-0.1, -0.05) is 46.0 Å². The Hall–Kier alpha value is 1.76. The van der Waals surface area contributed by atoms with Crippen LogP contribution in [0.1, 0.15) is 34.6 Å². The number of hydrogen-bond acceptors (Lipinski definition) is 8. The van der Waals surface area contributed by atoms with E-state index in [4.69, 9.17) is 32.9 Å². The van der Waals surface area contributed by atoms with Gasteiger partial charge in [0, 0.05) is 0 Å². The van der Waals surface area contributed by atoms with Gasteiger partial charge in [-0.25, -0.2) is 0 Å². The van der Waals surface area contributed by atoms with Crippen LogP contribution in [0.25, 0.3) is 0 Å². The topological polar surface area (TPSA) is 73.8 Å². The predicted molar refractivity (Wildman–Crippen MR) is 292 cm³/mol. The summed E-state index contributed by atoms with van der Waals surface area (Å²) >= 11 is 0. The maximum absolute atomic E-state index is 6.33. The van der Waals surface area contributed by atoms with E-state index in [1.54, 1.807) is 0 Å². The van der Waals surface area contributed by atoms with Crippen molar-refractivity contribution in [3.63, 3.8) is 0 Å². The van der Waals surface area contributed by atoms with E-state index in [9.17, 15) is 0 Å². The highest BCUT2D eigenvalue weighted by molar-refractivity contribution is 6.90. The van der Waals surface area contributed by atoms with E-state index in [-0.39, 0.29) is 14.9 Å². The first-order valence-electron chi connectivity index (χ1n) is 20.5. The lowest BCUT2D eigenvalue weighted by Gasteiger charge is -2.35. The molecule has 350 valence electrons. The Morgan fingerprint density at radius 1 is 0.421 bits per heavy atom. The molecule has 1 atom stereocenters. The van der Waals surface area contributed by atoms with Gasteiger partial charge in [0.25, 0.3) is 9.28 Å². The molecule has 0 saturated heterocycles. The number of hydrogen-bond donors (Lipinski definition) is 0. The molecule has 0 spiro atoms. The van der Waals surface area contributed by atoms with Gasteiger partial charge in [-0.05, 0) is 183 Å². The molecule has 0 heterocycles. The normalized spacial score (nSPS) is 14.0. The molecular formula is C37H106O8Si12. The molecule has 1 unspecified atom stereocenters. The first-order chi connectivity index (χ1) is 23.7. The largest absolute Gasteiger partial charge is 0.449 e. The second-order valence-electron chi connectivity index (χ2n) is 21.6. The van der Waals surface area contributed by atoms with E-state index >= 15 is 0 Å². The maximum Gasteiger partial charge on any atom is 0.312 e. The van der Waals surface area contributed by atoms with Crippen LogP contribution in [0.15, 0.2) is 24.6 Å². The minimum Gasteiger partial charge on any atom is -0.449 e. The van der Waals surface area contributed by atoms with Gasteiger partial charge in [-0.15, -0.1) is 13.2 Å². The van der Waals surface area contributed by atoms with Crippen molar-refractivity contribution < 1.29 is 32.9 Å². The summed E-state index contributed by atoms with van der Waals surface area (Å²) in [5, 5.41) is 0. The van der Waals surface area contributed by atoms with Crippen LogP contribution in [-0.2, 0) is 32.9 Å². The molecule has 0 rings (SSSR count). The Morgan fingerprint density at radius 3 is 1.00 bits per heavy atom. The van der Waals surface area contributed by atoms with Gasteiger partial charge < -0.3 is 32.9 Å². The Balaban J connectivity index is -0.000000152. The summed E-state index contributed by atoms with van der Waals surface area (Å²) in [5.74, 6) is 0. The van der Waals surface area contributed by atoms with Crippen molar-refractivity contribution in [1.29, 1.82) is 0 Å². The van der Waals surface area contributed by atoms with Crippen molar-refractivity contribution in [1.82, 2.24) is 0 Å². The molecule has 0 aliphatic carbocycles. The lowest BCUT2D eigenvalue weighted by Crippen LogP contribution is -2.50. The third kappa shape index (κ3) is 53.8. The predicted octanol–water partition coefficient (Wildman–Crippen LogP) is 14.5. The zero-order valence-electron chi connectivity index (χ0n) is 42.1. The quantitative estimate of drug-likeness (QED) is 0.105. The van der Waals surface area contributed by atoms with Gasteiger partial charge in [0.1, 0.15) is 0 Å². The summed E-state index contributed by atoms with van der Waals surface area (Å²) in [6.07, 6.45) is 2.56. The smallest absolute Gasteiger partial charge is 0.312 e. The summed E-state index contributed by atoms with van der Waals surface area (Å²) in [6, 6.07) is 1.27. The Bertz CT molecular complexity index is 1030. The molecule has 0 amide bonds. The third-order valence-corrected chi connectivity index (χ3v) is 43.4. The highest BCUT2D eigenvalue weighted by Gasteiger charge is 2.37. The van der Waals surface area contributed by atoms with Crippen molar-refractivity contribution in [2.75, 3.05) is 0 Å². The minimum atomic E-state index is -1.98. The molecule has 0 bridgehead atoms. The van der Waals surface area contributed by atoms with Crippen LogP contribution in [0.2, 0.25) is 183 Å². The van der Waals surface area contributed by atoms with Gasteiger partial charge in [0.2, 0.25) is 0 Å². The van der Waals surface area contributed by atoms with E-state index < -0.39 is 102 Å². The Kier molecular flexibility index (Phi) is 35.3. The summed E-state index contributed by atoms with van der Waals surface area (Å²) in [5.41, 5.74) is 3.93. The average Bonchev–Trinajstić information content (AvgIpc) is 2.80. The lowest BCUT2D eigenvalue weighted by molar-refractivity contribution is 0.352. The van der Waals surface area contributed by atoms with Crippen LogP contribution in [0.5, 0.6) is 0 Å². The van der Waals surface area contributed by atoms with Crippen molar-refractivity contribution in [2.24, 2.45) is 0 Å². The first-order valence-corrected chi connectivity index (χ1v) is 56.6. The van der Waals surface area contributed by atoms with E-state index in [1.165, 1.54) is 18.9 Å². The van der Waals surface area contributed by atoms with E-state index in [2.05, 4.69) is 197 Å². The van der Waals surface area contributed by atoms with E-state index in [0.29, 0.717) is 0 Å². The SMILES string of the molecule is C.C.C=C[Si](C)(C)O[Si](C)(C)C=C.CCCC[Si](C)(C)O[Si](C)(C)O[SiH](C)C.C[SiH](O[Si](C)(C)C)O[Si](C)(C)O[Si](C)(C)C.C[Si](C)(C)O[Si](C)(C)O[Si](C)(C)C. The molecule has 0 saturated carbocycles. The van der Waals surface area contributed by atoms with Crippen molar-refractivity contribution in [3.8, 4) is 0 Å². The fourth-order valence-corrected chi connectivity index (χ4v) is 50.7. The molecule has 0 aromatic carbocycles. The fourth-order valence-electron chi connectivity index (χ4n) is 5.85. The van der Waals surface area contributed by atoms with Crippen molar-refractivity contribution in [3.05, 3.63) is 24.6 Å². The molecule has 0 radical (unpaired) electrons. The third-order valence-electron chi connectivity index (χ3n) is 6.31. The van der Waals surface area contributed by atoms with Gasteiger partial charge in [-0.3, -0.25) is 0 Å². The van der Waals surface area contributed by atoms with Gasteiger partial charge in [0.15, 0.2) is 67.3 Å². The highest BCUT2D eigenvalue weighted by Crippen LogP contribution is 2.23. The molecule has 0 aromatic rings. The first kappa shape index (κ1) is 70.4. The number of rotatable bonds is 21. The van der Waals surface area contributed by atoms with Gasteiger partial charge in [-0.2, -0.15) is 0 Å². The van der Waals surface area contributed by atoms with Crippen LogP contribution in [0, 0.1) is 0 Å². The Labute approximate surface area is 374 Å². The second-order valence-corrected chi connectivity index (χ2v) is 68.3. The van der Waals surface area contributed by atoms with Crippen LogP contribution in [0.3, 0.4) is 0 Å². The molecule has 20 heteroatoms. The molecule has 0 aromatic heterocycles. The standard InChI is InChI=1S/C10H28O2Si3.C9H28O3Si4.C8H24O2Si3.C8H18OSi2.2CH4/c1-8-9-10-14(4,5)12-15(6,7)11-13(2)3;1-13(10-14(2,3)4)11-16(8,9)12-15(5,6)7;1-11(2,3)9-13(7,8)10-12(4,5)6;1-7-10(3,4)9-11(5,6)8-2;;/h13H,8-10H2,1-7H3;13H,1-9H3;1-8H3;7-8H,1-2H2,3-6H3;2*1H4. The molecule has 8 nitrogen and oxygen atoms in total. The minimum absolute atomic E-state index is 0. The molecule has 0 aliphatic heterocycles. The fraction of sp³-hybridized carbons (Fsp3) is 0.892. The summed E-state index contributed by atoms with van der Waals surface area (Å²) in [6.45, 7) is 69.1. The average molecular weight is 1020 g/mol. The van der Waals surface area contributed by atoms with E-state index in [1.807, 2.05) is 11.4 Å². The Morgan fingerprint density at radius 2 is 0.737 bits per heavy atom. The van der Waals surface area contributed by atoms with Crippen LogP contribution in [0.4, 0.5) is 0 Å². The van der Waals surface area contributed by atoms with Gasteiger partial charge >= 0.3 is 25.7 Å². The molecule has 0 N–H and O–H groups in total. The summed E-state index contributed by atoms with van der Waals surface area (Å²) < 4.78 is 48.8. The zero-order chi connectivity index (χ0) is 45.3. The zero-order valence-corrected chi connectivity index (χ0v) is 54.4. The lowest BCUT2D eigenvalue weighted by atomic mass is 10.4. The summed E-state index contributed by atoms with van der Waals surface area (Å²) in [4.78, 5) is 0. The molecule has 57 heavy (non-hydrogen) atoms. The van der Waals surface area contributed by atoms with Crippen molar-refractivity contribution in [2.45, 2.75) is 217 Å². The second kappa shape index (κ2) is 28.5. The van der Waals surface area contributed by atoms with Crippen LogP contribution in [-0.4, -0.2) is 102 Å². The molecular weight excluding hydrogens is 909 g/mol. The van der Waals surface area contributed by atoms with E-state index in [0.717, 1.165) is 0 Å². The number of unbranched alkanes of at least 4 members (excludes halogenated alkanes) is 1. The van der Waals surface area contributed by atoms with Crippen LogP contribution < -0.4 is 0 Å². The highest BCUT2D eigenvalue weighted by atomic mass is 28.5. The monoisotopic (exact) mass is 1010 g/mol. The van der Waals surface area contributed by atoms with Crippen molar-refractivity contribution >= 4 is 102 Å². The summed E-state index contributed by atoms with van der Waals surface area (Å²) in [7, 11) is -18.6. The molecule has 0 fully saturated rings. The molecule has 0 aliphatic rings. The van der Waals surface area contributed by atoms with Crippen LogP contribution >= 0.6 is 0 Å². The maximum atomic E-state index is 6.33.